The Labute approximate surface area is 131 Å². The quantitative estimate of drug-likeness (QED) is 0.272. The summed E-state index contributed by atoms with van der Waals surface area (Å²) in [5.74, 6) is -15.7. The van der Waals surface area contributed by atoms with Crippen LogP contribution in [0, 0.1) is 35.0 Å². The van der Waals surface area contributed by atoms with Crippen molar-refractivity contribution < 1.29 is 41.0 Å². The third kappa shape index (κ3) is 2.09. The van der Waals surface area contributed by atoms with Gasteiger partial charge in [0.05, 0.1) is 5.92 Å². The molecular formula is C14H10F5NO4. The molecule has 0 saturated carbocycles. The van der Waals surface area contributed by atoms with Gasteiger partial charge in [-0.15, -0.1) is 0 Å². The molecule has 0 bridgehead atoms. The van der Waals surface area contributed by atoms with E-state index in [4.69, 9.17) is 9.47 Å². The zero-order valence-electron chi connectivity index (χ0n) is 12.2. The average molecular weight is 351 g/mol. The van der Waals surface area contributed by atoms with Crippen LogP contribution in [-0.4, -0.2) is 35.8 Å². The van der Waals surface area contributed by atoms with Crippen LogP contribution in [-0.2, 0) is 25.5 Å². The molecule has 1 spiro atoms. The van der Waals surface area contributed by atoms with Gasteiger partial charge in [-0.05, 0) is 6.42 Å². The molecular weight excluding hydrogens is 341 g/mol. The van der Waals surface area contributed by atoms with E-state index in [0.29, 0.717) is 0 Å². The number of esters is 2. The first kappa shape index (κ1) is 16.6. The van der Waals surface area contributed by atoms with Crippen molar-refractivity contribution in [3.8, 4) is 0 Å². The zero-order chi connectivity index (χ0) is 17.8. The van der Waals surface area contributed by atoms with E-state index in [9.17, 15) is 31.5 Å². The minimum absolute atomic E-state index is 0.0799. The van der Waals surface area contributed by atoms with E-state index < -0.39 is 64.8 Å². The molecule has 1 unspecified atom stereocenters. The lowest BCUT2D eigenvalue weighted by Crippen LogP contribution is -2.68. The number of hydrogen-bond donors (Lipinski definition) is 0. The number of halogens is 5. The standard InChI is InChI=1S/C14H10F5NO4/c1-2-20-4-5(14(20)23-12(21)13(22)24-14)3-6-7(15)9(17)11(19)10(18)8(6)16/h5H,2-4H2,1H3. The van der Waals surface area contributed by atoms with E-state index >= 15 is 0 Å². The lowest BCUT2D eigenvalue weighted by atomic mass is 9.86. The summed E-state index contributed by atoms with van der Waals surface area (Å²) in [5, 5.41) is 0. The molecule has 2 heterocycles. The highest BCUT2D eigenvalue weighted by molar-refractivity contribution is 6.31. The summed E-state index contributed by atoms with van der Waals surface area (Å²) in [5.41, 5.74) is -1.05. The molecule has 10 heteroatoms. The Balaban J connectivity index is 1.95. The van der Waals surface area contributed by atoms with Crippen molar-refractivity contribution in [1.82, 2.24) is 4.90 Å². The van der Waals surface area contributed by atoms with Crippen LogP contribution >= 0.6 is 0 Å². The van der Waals surface area contributed by atoms with Gasteiger partial charge in [0.25, 0.3) is 0 Å². The average Bonchev–Trinajstić information content (AvgIpc) is 2.87. The van der Waals surface area contributed by atoms with E-state index in [1.807, 2.05) is 0 Å². The van der Waals surface area contributed by atoms with Gasteiger partial charge in [0, 0.05) is 18.7 Å². The van der Waals surface area contributed by atoms with Crippen LogP contribution in [0.25, 0.3) is 0 Å². The number of carbonyl (C=O) groups excluding carboxylic acids is 2. The molecule has 0 N–H and O–H groups in total. The maximum absolute atomic E-state index is 13.8. The minimum atomic E-state index is -2.26. The number of likely N-dealkylation sites (tertiary alicyclic amines) is 1. The van der Waals surface area contributed by atoms with Crippen LogP contribution in [0.15, 0.2) is 0 Å². The minimum Gasteiger partial charge on any atom is -0.399 e. The van der Waals surface area contributed by atoms with Crippen LogP contribution in [0.3, 0.4) is 0 Å². The first-order valence-corrected chi connectivity index (χ1v) is 6.94. The molecule has 2 aliphatic heterocycles. The summed E-state index contributed by atoms with van der Waals surface area (Å²) in [6.07, 6.45) is -0.664. The first-order valence-electron chi connectivity index (χ1n) is 6.94. The summed E-state index contributed by atoms with van der Waals surface area (Å²) in [6.45, 7) is 2.00. The lowest BCUT2D eigenvalue weighted by Gasteiger charge is -2.51. The smallest absolute Gasteiger partial charge is 0.399 e. The van der Waals surface area contributed by atoms with Crippen LogP contribution in [0.4, 0.5) is 22.0 Å². The second-order valence-electron chi connectivity index (χ2n) is 5.40. The molecule has 1 aromatic rings. The number of benzene rings is 1. The normalized spacial score (nSPS) is 22.5. The summed E-state index contributed by atoms with van der Waals surface area (Å²) in [6, 6.07) is 0. The van der Waals surface area contributed by atoms with Gasteiger partial charge in [-0.25, -0.2) is 36.4 Å². The monoisotopic (exact) mass is 351 g/mol. The van der Waals surface area contributed by atoms with Crippen LogP contribution in [0.5, 0.6) is 0 Å². The Kier molecular flexibility index (Phi) is 3.74. The highest BCUT2D eigenvalue weighted by atomic mass is 19.2. The summed E-state index contributed by atoms with van der Waals surface area (Å²) in [7, 11) is 0. The largest absolute Gasteiger partial charge is 0.421 e. The first-order chi connectivity index (χ1) is 11.2. The fourth-order valence-corrected chi connectivity index (χ4v) is 2.94. The molecule has 2 aliphatic rings. The van der Waals surface area contributed by atoms with E-state index in [1.54, 1.807) is 6.92 Å². The number of rotatable bonds is 3. The van der Waals surface area contributed by atoms with Gasteiger partial charge in [0.1, 0.15) is 0 Å². The molecule has 0 radical (unpaired) electrons. The Hall–Kier alpha value is -2.23. The molecule has 0 aliphatic carbocycles. The third-order valence-electron chi connectivity index (χ3n) is 4.17. The van der Waals surface area contributed by atoms with E-state index in [1.165, 1.54) is 4.90 Å². The number of ether oxygens (including phenoxy) is 2. The molecule has 5 nitrogen and oxygen atoms in total. The van der Waals surface area contributed by atoms with Crippen LogP contribution in [0.1, 0.15) is 12.5 Å². The predicted octanol–water partition coefficient (Wildman–Crippen LogP) is 1.63. The Morgan fingerprint density at radius 2 is 1.42 bits per heavy atom. The van der Waals surface area contributed by atoms with Crippen molar-refractivity contribution in [2.24, 2.45) is 5.92 Å². The van der Waals surface area contributed by atoms with E-state index in [2.05, 4.69) is 0 Å². The third-order valence-corrected chi connectivity index (χ3v) is 4.17. The summed E-state index contributed by atoms with van der Waals surface area (Å²) >= 11 is 0. The van der Waals surface area contributed by atoms with Gasteiger partial charge in [-0.2, -0.15) is 0 Å². The zero-order valence-corrected chi connectivity index (χ0v) is 12.2. The number of carbonyl (C=O) groups is 2. The molecule has 1 atom stereocenters. The number of hydrogen-bond acceptors (Lipinski definition) is 5. The SMILES string of the molecule is CCN1CC(Cc2c(F)c(F)c(F)c(F)c2F)C12OC(=O)C(=O)O2. The van der Waals surface area contributed by atoms with Crippen molar-refractivity contribution in [2.45, 2.75) is 19.3 Å². The van der Waals surface area contributed by atoms with E-state index in [-0.39, 0.29) is 13.1 Å². The molecule has 2 fully saturated rings. The van der Waals surface area contributed by atoms with Crippen LogP contribution in [0.2, 0.25) is 0 Å². The molecule has 2 saturated heterocycles. The van der Waals surface area contributed by atoms with Crippen molar-refractivity contribution in [1.29, 1.82) is 0 Å². The fraction of sp³-hybridized carbons (Fsp3) is 0.429. The van der Waals surface area contributed by atoms with Gasteiger partial charge in [0.15, 0.2) is 23.3 Å². The van der Waals surface area contributed by atoms with Gasteiger partial charge < -0.3 is 9.47 Å². The molecule has 0 aromatic heterocycles. The predicted molar refractivity (Wildman–Crippen MR) is 65.6 cm³/mol. The summed E-state index contributed by atoms with van der Waals surface area (Å²) in [4.78, 5) is 24.0. The maximum atomic E-state index is 13.8. The van der Waals surface area contributed by atoms with Gasteiger partial charge in [0.2, 0.25) is 5.82 Å². The Morgan fingerprint density at radius 3 is 1.88 bits per heavy atom. The van der Waals surface area contributed by atoms with Crippen molar-refractivity contribution in [3.05, 3.63) is 34.6 Å². The van der Waals surface area contributed by atoms with Crippen molar-refractivity contribution in [3.63, 3.8) is 0 Å². The molecule has 0 amide bonds. The van der Waals surface area contributed by atoms with Crippen LogP contribution < -0.4 is 0 Å². The van der Waals surface area contributed by atoms with Gasteiger partial charge >= 0.3 is 17.8 Å². The Bertz CT molecular complexity index is 708. The van der Waals surface area contributed by atoms with E-state index in [0.717, 1.165) is 0 Å². The highest BCUT2D eigenvalue weighted by Crippen LogP contribution is 2.44. The highest BCUT2D eigenvalue weighted by Gasteiger charge is 2.65. The maximum Gasteiger partial charge on any atom is 0.421 e. The van der Waals surface area contributed by atoms with Gasteiger partial charge in [-0.1, -0.05) is 6.92 Å². The van der Waals surface area contributed by atoms with Crippen molar-refractivity contribution >= 4 is 11.9 Å². The second-order valence-corrected chi connectivity index (χ2v) is 5.40. The molecule has 1 aromatic carbocycles. The fourth-order valence-electron chi connectivity index (χ4n) is 2.94. The summed E-state index contributed by atoms with van der Waals surface area (Å²) < 4.78 is 76.9. The number of nitrogens with zero attached hydrogens (tertiary/aromatic N) is 1. The Morgan fingerprint density at radius 1 is 0.958 bits per heavy atom. The van der Waals surface area contributed by atoms with Crippen molar-refractivity contribution in [2.75, 3.05) is 13.1 Å². The van der Waals surface area contributed by atoms with Gasteiger partial charge in [-0.3, -0.25) is 0 Å². The topological polar surface area (TPSA) is 55.8 Å². The second kappa shape index (κ2) is 5.40. The molecule has 130 valence electrons. The molecule has 3 rings (SSSR count). The molecule has 24 heavy (non-hydrogen) atoms. The lowest BCUT2D eigenvalue weighted by molar-refractivity contribution is -0.335.